The molecule has 0 unspecified atom stereocenters. The van der Waals surface area contributed by atoms with Gasteiger partial charge in [-0.15, -0.1) is 0 Å². The Morgan fingerprint density at radius 1 is 0.627 bits per heavy atom. The fourth-order valence-corrected chi connectivity index (χ4v) is 8.23. The fourth-order valence-electron chi connectivity index (χ4n) is 5.97. The predicted molar refractivity (Wildman–Crippen MR) is 188 cm³/mol. The van der Waals surface area contributed by atoms with Crippen molar-refractivity contribution in [3.05, 3.63) is 107 Å². The Labute approximate surface area is 307 Å². The average Bonchev–Trinajstić information content (AvgIpc) is 3.48. The minimum Gasteiger partial charge on any atom is -0.398 e. The van der Waals surface area contributed by atoms with Crippen molar-refractivity contribution >= 4 is 67.8 Å². The van der Waals surface area contributed by atoms with Gasteiger partial charge in [-0.3, -0.25) is 23.7 Å². The lowest BCUT2D eigenvalue weighted by molar-refractivity contribution is 0.356. The van der Waals surface area contributed by atoms with Crippen molar-refractivity contribution in [2.24, 2.45) is 0 Å². The highest BCUT2D eigenvalue weighted by Crippen LogP contribution is 2.36. The smallest absolute Gasteiger partial charge is 0.276 e. The molecule has 0 bridgehead atoms. The zero-order valence-corrected chi connectivity index (χ0v) is 30.0. The van der Waals surface area contributed by atoms with Crippen molar-refractivity contribution in [3.63, 3.8) is 0 Å². The van der Waals surface area contributed by atoms with Crippen LogP contribution in [0.25, 0.3) is 22.3 Å². The van der Waals surface area contributed by atoms with Gasteiger partial charge in [0.05, 0.1) is 32.5 Å². The third-order valence-electron chi connectivity index (χ3n) is 8.43. The molecule has 4 heterocycles. The Morgan fingerprint density at radius 3 is 1.59 bits per heavy atom. The second-order valence-electron chi connectivity index (χ2n) is 11.7. The maximum absolute atomic E-state index is 14.7. The summed E-state index contributed by atoms with van der Waals surface area (Å²) in [5.74, 6) is -3.76. The lowest BCUT2D eigenvalue weighted by Crippen LogP contribution is -2.27. The van der Waals surface area contributed by atoms with Gasteiger partial charge in [-0.05, 0) is 62.1 Å². The summed E-state index contributed by atoms with van der Waals surface area (Å²) in [6.45, 7) is 2.13. The minimum absolute atomic E-state index is 0.0179. The van der Waals surface area contributed by atoms with Crippen LogP contribution < -0.4 is 21.6 Å². The molecule has 10 nitrogen and oxygen atoms in total. The van der Waals surface area contributed by atoms with Gasteiger partial charge in [0.15, 0.2) is 0 Å². The second-order valence-corrected chi connectivity index (χ2v) is 14.9. The zero-order chi connectivity index (χ0) is 36.9. The molecule has 0 fully saturated rings. The molecule has 0 atom stereocenters. The van der Waals surface area contributed by atoms with Crippen LogP contribution in [0.4, 0.5) is 28.9 Å². The number of benzene rings is 3. The van der Waals surface area contributed by atoms with Crippen LogP contribution in [0.15, 0.2) is 56.9 Å². The van der Waals surface area contributed by atoms with E-state index in [0.29, 0.717) is 32.2 Å². The summed E-state index contributed by atoms with van der Waals surface area (Å²) >= 11 is 24.3. The predicted octanol–water partition coefficient (Wildman–Crippen LogP) is 7.77. The molecule has 7 rings (SSSR count). The third kappa shape index (κ3) is 6.89. The van der Waals surface area contributed by atoms with E-state index in [1.807, 2.05) is 0 Å². The molecule has 0 spiro atoms. The van der Waals surface area contributed by atoms with E-state index < -0.39 is 43.7 Å². The number of halogens is 8. The molecule has 2 aliphatic heterocycles. The molecule has 2 aromatic heterocycles. The first-order chi connectivity index (χ1) is 24.1. The average molecular weight is 808 g/mol. The Balaban J connectivity index is 0.000000193. The van der Waals surface area contributed by atoms with Gasteiger partial charge in [0, 0.05) is 43.4 Å². The number of rotatable bonds is 5. The van der Waals surface area contributed by atoms with Crippen LogP contribution >= 0.6 is 46.4 Å². The number of nitrogens with zero attached hydrogens (tertiary/aromatic N) is 4. The van der Waals surface area contributed by atoms with Gasteiger partial charge in [0.2, 0.25) is 0 Å². The number of nitrogens with two attached hydrogens (primary N) is 1. The van der Waals surface area contributed by atoms with E-state index in [4.69, 9.17) is 52.1 Å². The lowest BCUT2D eigenvalue weighted by atomic mass is 10.1. The first-order valence-corrected chi connectivity index (χ1v) is 18.3. The summed E-state index contributed by atoms with van der Waals surface area (Å²) in [5.41, 5.74) is 4.64. The largest absolute Gasteiger partial charge is 0.398 e. The first-order valence-electron chi connectivity index (χ1n) is 15.3. The maximum atomic E-state index is 14.7. The summed E-state index contributed by atoms with van der Waals surface area (Å²) in [4.78, 5) is 24.4. The van der Waals surface area contributed by atoms with E-state index in [0.717, 1.165) is 56.0 Å². The van der Waals surface area contributed by atoms with Crippen LogP contribution in [0.5, 0.6) is 0 Å². The van der Waals surface area contributed by atoms with Crippen LogP contribution in [-0.2, 0) is 36.2 Å². The van der Waals surface area contributed by atoms with Gasteiger partial charge in [-0.2, -0.15) is 0 Å². The van der Waals surface area contributed by atoms with Crippen LogP contribution in [0.3, 0.4) is 0 Å². The summed E-state index contributed by atoms with van der Waals surface area (Å²) in [7, 11) is -4.54. The van der Waals surface area contributed by atoms with Gasteiger partial charge >= 0.3 is 0 Å². The van der Waals surface area contributed by atoms with E-state index in [-0.39, 0.29) is 59.5 Å². The zero-order valence-electron chi connectivity index (χ0n) is 26.1. The highest BCUT2D eigenvalue weighted by atomic mass is 35.5. The van der Waals surface area contributed by atoms with Crippen molar-refractivity contribution in [1.29, 1.82) is 0 Å². The maximum Gasteiger partial charge on any atom is 0.276 e. The molecule has 270 valence electrons. The summed E-state index contributed by atoms with van der Waals surface area (Å²) in [5, 5.41) is 0.0543. The fraction of sp³-hybridized carbons (Fsp3) is 0.250. The van der Waals surface area contributed by atoms with Crippen LogP contribution in [0, 0.1) is 23.3 Å². The molecular weight excluding hydrogens is 782 g/mol. The van der Waals surface area contributed by atoms with Gasteiger partial charge in [0.1, 0.15) is 38.5 Å². The number of hydrogen-bond acceptors (Lipinski definition) is 5. The molecule has 19 heteroatoms. The molecule has 3 N–H and O–H groups in total. The summed E-state index contributed by atoms with van der Waals surface area (Å²) in [6, 6.07) is 6.24. The number of sulfonamides is 1. The Morgan fingerprint density at radius 2 is 1.10 bits per heavy atom. The highest BCUT2D eigenvalue weighted by Gasteiger charge is 2.28. The number of nitrogen functional groups attached to an aromatic ring is 1. The van der Waals surface area contributed by atoms with Crippen molar-refractivity contribution in [3.8, 4) is 22.3 Å². The number of hydrogen-bond donors (Lipinski definition) is 2. The van der Waals surface area contributed by atoms with E-state index >= 15 is 0 Å². The van der Waals surface area contributed by atoms with E-state index in [1.54, 1.807) is 9.36 Å². The molecule has 0 radical (unpaired) electrons. The molecule has 2 aliphatic rings. The van der Waals surface area contributed by atoms with Crippen molar-refractivity contribution in [1.82, 2.24) is 18.7 Å². The molecule has 0 saturated heterocycles. The van der Waals surface area contributed by atoms with Crippen molar-refractivity contribution in [2.75, 3.05) is 10.5 Å². The Hall–Kier alpha value is -3.89. The van der Waals surface area contributed by atoms with Crippen LogP contribution in [0.1, 0.15) is 25.7 Å². The Kier molecular flexibility index (Phi) is 10.3. The van der Waals surface area contributed by atoms with Crippen molar-refractivity contribution in [2.45, 2.75) is 56.8 Å². The number of aromatic nitrogens is 4. The SMILES string of the molecule is Nc1cc(-c2c(Cl)n3n(c2=O)CCCC3)c(F)cc1Cl.O=c1c(-c2cc(NS(=O)(=O)c3ccc(F)cc3F)c(Cl)cc2F)c(Cl)n2n1CCCC2. The second kappa shape index (κ2) is 14.3. The van der Waals surface area contributed by atoms with E-state index in [1.165, 1.54) is 15.4 Å². The van der Waals surface area contributed by atoms with E-state index in [9.17, 15) is 35.6 Å². The first kappa shape index (κ1) is 36.9. The standard InChI is InChI=1S/C19H14Cl2F3N3O3S.C13H12Cl2FN3O/c20-12-9-13(23)11(17-18(21)26-5-1-2-6-27(26)19(17)28)8-15(12)25-31(29,30)16-4-3-10(22)7-14(16)24;14-8-6-9(16)7(5-10(8)17)11-12(15)18-3-1-2-4-19(18)13(11)20/h3-4,7-9,25H,1-2,5-6H2;5-6H,1-4,17H2. The monoisotopic (exact) mass is 806 g/mol. The Bertz CT molecular complexity index is 2450. The number of fused-ring (bicyclic) bond motifs is 2. The molecule has 3 aromatic carbocycles. The van der Waals surface area contributed by atoms with Crippen molar-refractivity contribution < 1.29 is 26.0 Å². The molecule has 0 amide bonds. The highest BCUT2D eigenvalue weighted by molar-refractivity contribution is 7.92. The minimum atomic E-state index is -4.54. The van der Waals surface area contributed by atoms with Gasteiger partial charge in [0.25, 0.3) is 21.1 Å². The van der Waals surface area contributed by atoms with E-state index in [2.05, 4.69) is 4.72 Å². The van der Waals surface area contributed by atoms with Crippen LogP contribution in [-0.4, -0.2) is 27.1 Å². The third-order valence-corrected chi connectivity index (χ3v) is 11.2. The summed E-state index contributed by atoms with van der Waals surface area (Å²) in [6.07, 6.45) is 3.41. The molecular formula is C32H26Cl4F4N6O4S. The molecule has 0 saturated carbocycles. The topological polar surface area (TPSA) is 126 Å². The lowest BCUT2D eigenvalue weighted by Gasteiger charge is -2.17. The van der Waals surface area contributed by atoms with Gasteiger partial charge in [-0.1, -0.05) is 46.4 Å². The summed E-state index contributed by atoms with van der Waals surface area (Å²) < 4.78 is 89.3. The van der Waals surface area contributed by atoms with Crippen LogP contribution in [0.2, 0.25) is 20.4 Å². The van der Waals surface area contributed by atoms with Gasteiger partial charge in [-0.25, -0.2) is 35.3 Å². The van der Waals surface area contributed by atoms with Gasteiger partial charge < -0.3 is 5.73 Å². The molecule has 5 aromatic rings. The molecule has 0 aliphatic carbocycles. The number of nitrogens with one attached hydrogen (secondary N) is 1. The normalized spacial score (nSPS) is 14.0. The quantitative estimate of drug-likeness (QED) is 0.139. The molecule has 51 heavy (non-hydrogen) atoms. The number of anilines is 2.